The number of likely N-dealkylation sites (tertiary alicyclic amines) is 1. The van der Waals surface area contributed by atoms with Crippen molar-refractivity contribution in [1.29, 1.82) is 0 Å². The van der Waals surface area contributed by atoms with Crippen LogP contribution in [-0.4, -0.2) is 49.6 Å². The molecule has 1 saturated heterocycles. The van der Waals surface area contributed by atoms with Gasteiger partial charge in [0.05, 0.1) is 10.6 Å². The number of rotatable bonds is 6. The lowest BCUT2D eigenvalue weighted by Crippen LogP contribution is -2.46. The molecular weight excluding hydrogens is 407 g/mol. The van der Waals surface area contributed by atoms with E-state index < -0.39 is 12.1 Å². The zero-order chi connectivity index (χ0) is 21.2. The smallest absolute Gasteiger partial charge is 0.385 e. The average Bonchev–Trinajstić information content (AvgIpc) is 3.35. The molecular formula is C20H25ClF3N3O2. The number of nitrogens with one attached hydrogen (secondary N) is 2. The lowest BCUT2D eigenvalue weighted by molar-refractivity contribution is -0.187. The van der Waals surface area contributed by atoms with E-state index in [-0.39, 0.29) is 24.4 Å². The monoisotopic (exact) mass is 431 g/mol. The fourth-order valence-electron chi connectivity index (χ4n) is 4.31. The van der Waals surface area contributed by atoms with Crippen LogP contribution in [0.15, 0.2) is 18.2 Å². The fourth-order valence-corrected chi connectivity index (χ4v) is 4.58. The molecule has 2 fully saturated rings. The van der Waals surface area contributed by atoms with Gasteiger partial charge in [0.15, 0.2) is 0 Å². The predicted molar refractivity (Wildman–Crippen MR) is 105 cm³/mol. The number of piperidine rings is 1. The molecule has 1 aliphatic heterocycles. The minimum absolute atomic E-state index is 0.126. The van der Waals surface area contributed by atoms with Crippen molar-refractivity contribution in [1.82, 2.24) is 10.2 Å². The Morgan fingerprint density at radius 1 is 1.28 bits per heavy atom. The number of carbonyl (C=O) groups excluding carboxylic acids is 2. The van der Waals surface area contributed by atoms with Crippen LogP contribution in [-0.2, 0) is 4.79 Å². The van der Waals surface area contributed by atoms with E-state index >= 15 is 0 Å². The molecule has 2 amide bonds. The first-order valence-corrected chi connectivity index (χ1v) is 10.2. The summed E-state index contributed by atoms with van der Waals surface area (Å²) in [7, 11) is 1.55. The van der Waals surface area contributed by atoms with Crippen molar-refractivity contribution in [2.24, 2.45) is 11.3 Å². The Balaban J connectivity index is 1.38. The van der Waals surface area contributed by atoms with Crippen molar-refractivity contribution in [2.75, 3.05) is 32.0 Å². The minimum atomic E-state index is -4.78. The SMILES string of the molecule is CNC(=O)c1ccc(NCCC[C@@H]2CC23CCN(C(=O)C(F)(F)F)CC3)cc1Cl. The van der Waals surface area contributed by atoms with Crippen LogP contribution < -0.4 is 10.6 Å². The molecule has 1 saturated carbocycles. The average molecular weight is 432 g/mol. The van der Waals surface area contributed by atoms with Gasteiger partial charge in [-0.05, 0) is 61.6 Å². The van der Waals surface area contributed by atoms with Gasteiger partial charge in [0, 0.05) is 32.4 Å². The predicted octanol–water partition coefficient (Wildman–Crippen LogP) is 4.08. The summed E-state index contributed by atoms with van der Waals surface area (Å²) < 4.78 is 37.6. The molecule has 29 heavy (non-hydrogen) atoms. The molecule has 2 N–H and O–H groups in total. The maximum absolute atomic E-state index is 12.5. The highest BCUT2D eigenvalue weighted by atomic mass is 35.5. The van der Waals surface area contributed by atoms with Crippen LogP contribution >= 0.6 is 11.6 Å². The van der Waals surface area contributed by atoms with E-state index in [1.165, 1.54) is 0 Å². The van der Waals surface area contributed by atoms with E-state index in [2.05, 4.69) is 10.6 Å². The quantitative estimate of drug-likeness (QED) is 0.667. The highest BCUT2D eigenvalue weighted by Gasteiger charge is 2.55. The van der Waals surface area contributed by atoms with Crippen LogP contribution in [0.1, 0.15) is 42.5 Å². The molecule has 0 unspecified atom stereocenters. The molecule has 1 aromatic carbocycles. The number of halogens is 4. The molecule has 1 heterocycles. The number of amides is 2. The number of anilines is 1. The number of carbonyl (C=O) groups is 2. The second kappa shape index (κ2) is 8.42. The molecule has 3 rings (SSSR count). The third kappa shape index (κ3) is 4.97. The molecule has 5 nitrogen and oxygen atoms in total. The van der Waals surface area contributed by atoms with Gasteiger partial charge in [0.2, 0.25) is 0 Å². The normalized spacial score (nSPS) is 20.4. The third-order valence-electron chi connectivity index (χ3n) is 6.15. The van der Waals surface area contributed by atoms with Gasteiger partial charge in [-0.1, -0.05) is 11.6 Å². The minimum Gasteiger partial charge on any atom is -0.385 e. The van der Waals surface area contributed by atoms with Crippen LogP contribution in [0.3, 0.4) is 0 Å². The van der Waals surface area contributed by atoms with E-state index in [0.717, 1.165) is 36.4 Å². The number of benzene rings is 1. The van der Waals surface area contributed by atoms with Gasteiger partial charge in [-0.25, -0.2) is 0 Å². The topological polar surface area (TPSA) is 61.4 Å². The van der Waals surface area contributed by atoms with Gasteiger partial charge in [0.1, 0.15) is 0 Å². The molecule has 1 spiro atoms. The molecule has 9 heteroatoms. The van der Waals surface area contributed by atoms with Crippen LogP contribution in [0.4, 0.5) is 18.9 Å². The summed E-state index contributed by atoms with van der Waals surface area (Å²) in [4.78, 5) is 23.9. The number of nitrogens with zero attached hydrogens (tertiary/aromatic N) is 1. The standard InChI is InChI=1S/C20H25ClF3N3O2/c1-25-17(28)15-5-4-14(11-16(15)21)26-8-2-3-13-12-19(13)6-9-27(10-7-19)18(29)20(22,23)24/h4-5,11,13,26H,2-3,6-10,12H2,1H3,(H,25,28)/t13-/m1/s1. The maximum atomic E-state index is 12.5. The first kappa shape index (κ1) is 21.7. The van der Waals surface area contributed by atoms with Crippen molar-refractivity contribution < 1.29 is 22.8 Å². The molecule has 2 aliphatic rings. The summed E-state index contributed by atoms with van der Waals surface area (Å²) >= 11 is 6.14. The summed E-state index contributed by atoms with van der Waals surface area (Å²) in [6.07, 6.45) is -0.488. The highest BCUT2D eigenvalue weighted by molar-refractivity contribution is 6.34. The molecule has 1 atom stereocenters. The van der Waals surface area contributed by atoms with Crippen molar-refractivity contribution >= 4 is 29.1 Å². The third-order valence-corrected chi connectivity index (χ3v) is 6.46. The molecule has 160 valence electrons. The Morgan fingerprint density at radius 3 is 2.55 bits per heavy atom. The van der Waals surface area contributed by atoms with Crippen molar-refractivity contribution in [3.8, 4) is 0 Å². The summed E-state index contributed by atoms with van der Waals surface area (Å²) in [6.45, 7) is 1.15. The van der Waals surface area contributed by atoms with Gasteiger partial charge in [-0.15, -0.1) is 0 Å². The van der Waals surface area contributed by atoms with Gasteiger partial charge in [-0.3, -0.25) is 9.59 Å². The summed E-state index contributed by atoms with van der Waals surface area (Å²) in [5, 5.41) is 6.21. The van der Waals surface area contributed by atoms with E-state index in [0.29, 0.717) is 29.3 Å². The van der Waals surface area contributed by atoms with Crippen molar-refractivity contribution in [2.45, 2.75) is 38.3 Å². The van der Waals surface area contributed by atoms with Gasteiger partial charge in [0.25, 0.3) is 5.91 Å². The van der Waals surface area contributed by atoms with E-state index in [1.54, 1.807) is 19.2 Å². The van der Waals surface area contributed by atoms with Gasteiger partial charge in [-0.2, -0.15) is 13.2 Å². The lowest BCUT2D eigenvalue weighted by atomic mass is 9.89. The Bertz CT molecular complexity index is 777. The van der Waals surface area contributed by atoms with Crippen LogP contribution in [0.25, 0.3) is 0 Å². The first-order chi connectivity index (χ1) is 13.7. The number of hydrogen-bond acceptors (Lipinski definition) is 3. The van der Waals surface area contributed by atoms with E-state index in [1.807, 2.05) is 6.07 Å². The van der Waals surface area contributed by atoms with Crippen LogP contribution in [0, 0.1) is 11.3 Å². The number of hydrogen-bond donors (Lipinski definition) is 2. The second-order valence-electron chi connectivity index (χ2n) is 7.90. The largest absolute Gasteiger partial charge is 0.471 e. The molecule has 0 radical (unpaired) electrons. The Morgan fingerprint density at radius 2 is 1.97 bits per heavy atom. The first-order valence-electron chi connectivity index (χ1n) is 9.78. The maximum Gasteiger partial charge on any atom is 0.471 e. The van der Waals surface area contributed by atoms with E-state index in [4.69, 9.17) is 11.6 Å². The Labute approximate surface area is 173 Å². The summed E-state index contributed by atoms with van der Waals surface area (Å²) in [6, 6.07) is 5.20. The lowest BCUT2D eigenvalue weighted by Gasteiger charge is -2.33. The van der Waals surface area contributed by atoms with E-state index in [9.17, 15) is 22.8 Å². The highest BCUT2D eigenvalue weighted by Crippen LogP contribution is 2.61. The van der Waals surface area contributed by atoms with Gasteiger partial charge >= 0.3 is 12.1 Å². The van der Waals surface area contributed by atoms with Crippen LogP contribution in [0.2, 0.25) is 5.02 Å². The Kier molecular flexibility index (Phi) is 6.31. The molecule has 0 bridgehead atoms. The van der Waals surface area contributed by atoms with Crippen molar-refractivity contribution in [3.05, 3.63) is 28.8 Å². The zero-order valence-corrected chi connectivity index (χ0v) is 17.0. The molecule has 0 aromatic heterocycles. The fraction of sp³-hybridized carbons (Fsp3) is 0.600. The Hall–Kier alpha value is -1.96. The molecule has 1 aromatic rings. The van der Waals surface area contributed by atoms with Crippen molar-refractivity contribution in [3.63, 3.8) is 0 Å². The molecule has 1 aliphatic carbocycles. The summed E-state index contributed by atoms with van der Waals surface area (Å²) in [5.74, 6) is -1.43. The van der Waals surface area contributed by atoms with Gasteiger partial charge < -0.3 is 15.5 Å². The number of alkyl halides is 3. The zero-order valence-electron chi connectivity index (χ0n) is 16.2. The van der Waals surface area contributed by atoms with Crippen LogP contribution in [0.5, 0.6) is 0 Å². The summed E-state index contributed by atoms with van der Waals surface area (Å²) in [5.41, 5.74) is 1.39. The second-order valence-corrected chi connectivity index (χ2v) is 8.30.